The van der Waals surface area contributed by atoms with E-state index in [0.717, 1.165) is 5.76 Å². The van der Waals surface area contributed by atoms with E-state index in [-0.39, 0.29) is 6.04 Å². The second-order valence-electron chi connectivity index (χ2n) is 4.10. The molecule has 2 rings (SSSR count). The van der Waals surface area contributed by atoms with E-state index in [1.165, 1.54) is 0 Å². The van der Waals surface area contributed by atoms with Crippen molar-refractivity contribution in [2.45, 2.75) is 26.5 Å². The minimum absolute atomic E-state index is 0.116. The molecule has 1 atom stereocenters. The van der Waals surface area contributed by atoms with Gasteiger partial charge in [0, 0.05) is 13.2 Å². The summed E-state index contributed by atoms with van der Waals surface area (Å²) >= 11 is 5.93. The first-order chi connectivity index (χ1) is 9.08. The number of rotatable bonds is 5. The highest BCUT2D eigenvalue weighted by Crippen LogP contribution is 2.19. The largest absolute Gasteiger partial charge is 0.444 e. The highest BCUT2D eigenvalue weighted by Gasteiger charge is 2.13. The molecule has 0 aliphatic heterocycles. The molecule has 102 valence electrons. The van der Waals surface area contributed by atoms with Crippen molar-refractivity contribution in [3.63, 3.8) is 0 Å². The first-order valence-corrected chi connectivity index (χ1v) is 6.17. The third-order valence-electron chi connectivity index (χ3n) is 2.39. The van der Waals surface area contributed by atoms with E-state index < -0.39 is 0 Å². The van der Waals surface area contributed by atoms with Gasteiger partial charge in [-0.2, -0.15) is 0 Å². The third kappa shape index (κ3) is 3.65. The second kappa shape index (κ2) is 5.99. The van der Waals surface area contributed by atoms with Gasteiger partial charge in [0.15, 0.2) is 5.82 Å². The molecule has 0 aliphatic carbocycles. The molecule has 0 saturated heterocycles. The number of oxazole rings is 1. The first kappa shape index (κ1) is 13.8. The summed E-state index contributed by atoms with van der Waals surface area (Å²) in [6, 6.07) is 1.53. The number of anilines is 1. The Morgan fingerprint density at radius 1 is 1.47 bits per heavy atom. The van der Waals surface area contributed by atoms with E-state index in [4.69, 9.17) is 20.8 Å². The van der Waals surface area contributed by atoms with Crippen LogP contribution in [0.3, 0.4) is 0 Å². The van der Waals surface area contributed by atoms with E-state index in [9.17, 15) is 0 Å². The van der Waals surface area contributed by atoms with Crippen molar-refractivity contribution in [1.29, 1.82) is 0 Å². The summed E-state index contributed by atoms with van der Waals surface area (Å²) in [5, 5.41) is 3.53. The zero-order valence-electron chi connectivity index (χ0n) is 11.0. The molecule has 2 heterocycles. The lowest BCUT2D eigenvalue weighted by molar-refractivity contribution is 0.178. The Labute approximate surface area is 116 Å². The van der Waals surface area contributed by atoms with Gasteiger partial charge in [0.2, 0.25) is 5.89 Å². The quantitative estimate of drug-likeness (QED) is 0.850. The van der Waals surface area contributed by atoms with E-state index in [1.807, 2.05) is 13.8 Å². The third-order valence-corrected chi connectivity index (χ3v) is 2.58. The molecule has 0 bridgehead atoms. The molecule has 0 aromatic carbocycles. The van der Waals surface area contributed by atoms with Crippen LogP contribution in [0.2, 0.25) is 5.15 Å². The molecule has 19 heavy (non-hydrogen) atoms. The van der Waals surface area contributed by atoms with Gasteiger partial charge >= 0.3 is 0 Å². The summed E-state index contributed by atoms with van der Waals surface area (Å²) < 4.78 is 10.4. The molecule has 0 spiro atoms. The Morgan fingerprint density at radius 3 is 2.89 bits per heavy atom. The summed E-state index contributed by atoms with van der Waals surface area (Å²) in [5.74, 6) is 2.49. The van der Waals surface area contributed by atoms with Gasteiger partial charge in [-0.3, -0.25) is 0 Å². The maximum absolute atomic E-state index is 5.93. The number of nitrogens with zero attached hydrogens (tertiary/aromatic N) is 3. The van der Waals surface area contributed by atoms with Crippen LogP contribution in [0.1, 0.15) is 30.4 Å². The Hall–Kier alpha value is -1.66. The molecule has 0 saturated carbocycles. The van der Waals surface area contributed by atoms with E-state index in [2.05, 4.69) is 20.3 Å². The van der Waals surface area contributed by atoms with Crippen molar-refractivity contribution < 1.29 is 9.15 Å². The number of nitrogens with one attached hydrogen (secondary N) is 1. The Morgan fingerprint density at radius 2 is 2.26 bits per heavy atom. The SMILES string of the molecule is COCc1nc(Cl)cc(NC(C)c2ncc(C)o2)n1. The standard InChI is InChI=1S/C12H15ClN4O2/c1-7-5-14-12(19-7)8(2)15-10-4-9(13)16-11(17-10)6-18-3/h4-5,8H,6H2,1-3H3,(H,15,16,17). The number of hydrogen-bond acceptors (Lipinski definition) is 6. The van der Waals surface area contributed by atoms with Crippen molar-refractivity contribution >= 4 is 17.4 Å². The lowest BCUT2D eigenvalue weighted by Crippen LogP contribution is -2.10. The number of hydrogen-bond donors (Lipinski definition) is 1. The normalized spacial score (nSPS) is 12.4. The number of aromatic nitrogens is 3. The number of methoxy groups -OCH3 is 1. The molecule has 6 nitrogen and oxygen atoms in total. The smallest absolute Gasteiger partial charge is 0.216 e. The monoisotopic (exact) mass is 282 g/mol. The molecule has 0 fully saturated rings. The Bertz CT molecular complexity index is 558. The number of ether oxygens (including phenoxy) is 1. The average Bonchev–Trinajstić information content (AvgIpc) is 2.75. The zero-order valence-corrected chi connectivity index (χ0v) is 11.7. The molecule has 2 aromatic heterocycles. The summed E-state index contributed by atoms with van der Waals surface area (Å²) in [7, 11) is 1.58. The Kier molecular flexibility index (Phi) is 4.34. The van der Waals surface area contributed by atoms with Crippen LogP contribution in [-0.2, 0) is 11.3 Å². The van der Waals surface area contributed by atoms with Crippen molar-refractivity contribution in [3.05, 3.63) is 34.9 Å². The van der Waals surface area contributed by atoms with Crippen LogP contribution in [0.15, 0.2) is 16.7 Å². The maximum Gasteiger partial charge on any atom is 0.216 e. The molecule has 0 amide bonds. The first-order valence-electron chi connectivity index (χ1n) is 5.79. The van der Waals surface area contributed by atoms with Crippen LogP contribution in [0.5, 0.6) is 0 Å². The molecule has 0 aliphatic rings. The molecule has 7 heteroatoms. The van der Waals surface area contributed by atoms with E-state index >= 15 is 0 Å². The van der Waals surface area contributed by atoms with Crippen LogP contribution in [0, 0.1) is 6.92 Å². The number of aryl methyl sites for hydroxylation is 1. The molecular formula is C12H15ClN4O2. The minimum Gasteiger partial charge on any atom is -0.444 e. The fourth-order valence-corrected chi connectivity index (χ4v) is 1.79. The summed E-state index contributed by atoms with van der Waals surface area (Å²) in [5.41, 5.74) is 0. The van der Waals surface area contributed by atoms with Gasteiger partial charge in [-0.05, 0) is 13.8 Å². The summed E-state index contributed by atoms with van der Waals surface area (Å²) in [6.45, 7) is 4.08. The summed E-state index contributed by atoms with van der Waals surface area (Å²) in [4.78, 5) is 12.5. The average molecular weight is 283 g/mol. The molecule has 0 radical (unpaired) electrons. The van der Waals surface area contributed by atoms with Crippen LogP contribution < -0.4 is 5.32 Å². The van der Waals surface area contributed by atoms with Crippen LogP contribution in [-0.4, -0.2) is 22.1 Å². The van der Waals surface area contributed by atoms with Gasteiger partial charge in [-0.15, -0.1) is 0 Å². The lowest BCUT2D eigenvalue weighted by Gasteiger charge is -2.12. The van der Waals surface area contributed by atoms with E-state index in [1.54, 1.807) is 19.4 Å². The van der Waals surface area contributed by atoms with Crippen molar-refractivity contribution in [3.8, 4) is 0 Å². The van der Waals surface area contributed by atoms with Crippen molar-refractivity contribution in [1.82, 2.24) is 15.0 Å². The Balaban J connectivity index is 2.14. The molecular weight excluding hydrogens is 268 g/mol. The van der Waals surface area contributed by atoms with Crippen LogP contribution >= 0.6 is 11.6 Å². The van der Waals surface area contributed by atoms with Gasteiger partial charge in [-0.1, -0.05) is 11.6 Å². The lowest BCUT2D eigenvalue weighted by atomic mass is 10.3. The highest BCUT2D eigenvalue weighted by molar-refractivity contribution is 6.29. The van der Waals surface area contributed by atoms with Crippen LogP contribution in [0.4, 0.5) is 5.82 Å². The van der Waals surface area contributed by atoms with Crippen molar-refractivity contribution in [2.24, 2.45) is 0 Å². The van der Waals surface area contributed by atoms with Crippen LogP contribution in [0.25, 0.3) is 0 Å². The molecule has 1 unspecified atom stereocenters. The predicted octanol–water partition coefficient (Wildman–Crippen LogP) is 2.75. The highest BCUT2D eigenvalue weighted by atomic mass is 35.5. The maximum atomic E-state index is 5.93. The summed E-state index contributed by atoms with van der Waals surface area (Å²) in [6.07, 6.45) is 1.68. The number of halogens is 1. The van der Waals surface area contributed by atoms with E-state index in [0.29, 0.717) is 29.3 Å². The molecule has 2 aromatic rings. The fraction of sp³-hybridized carbons (Fsp3) is 0.417. The zero-order chi connectivity index (χ0) is 13.8. The fourth-order valence-electron chi connectivity index (χ4n) is 1.59. The van der Waals surface area contributed by atoms with Gasteiger partial charge in [0.25, 0.3) is 0 Å². The molecule has 1 N–H and O–H groups in total. The van der Waals surface area contributed by atoms with Gasteiger partial charge in [0.1, 0.15) is 29.4 Å². The second-order valence-corrected chi connectivity index (χ2v) is 4.49. The predicted molar refractivity (Wildman–Crippen MR) is 71.0 cm³/mol. The topological polar surface area (TPSA) is 73.1 Å². The van der Waals surface area contributed by atoms with Gasteiger partial charge in [0.05, 0.1) is 6.20 Å². The van der Waals surface area contributed by atoms with Gasteiger partial charge < -0.3 is 14.5 Å². The van der Waals surface area contributed by atoms with Gasteiger partial charge in [-0.25, -0.2) is 15.0 Å². The minimum atomic E-state index is -0.116. The van der Waals surface area contributed by atoms with Crippen molar-refractivity contribution in [2.75, 3.05) is 12.4 Å².